The van der Waals surface area contributed by atoms with Gasteiger partial charge in [0.15, 0.2) is 0 Å². The SMILES string of the molecule is CCC(CC(F)(F)F)(CC(F)(F)F)NC(C)(C)C.O=P(O)(O)O. The van der Waals surface area contributed by atoms with Crippen molar-refractivity contribution in [2.75, 3.05) is 0 Å². The average molecular weight is 377 g/mol. The second-order valence-corrected chi connectivity index (χ2v) is 7.13. The summed E-state index contributed by atoms with van der Waals surface area (Å²) < 4.78 is 83.8. The molecular weight excluding hydrogens is 355 g/mol. The average Bonchev–Trinajstić information content (AvgIpc) is 2.05. The molecule has 0 aliphatic rings. The molecule has 23 heavy (non-hydrogen) atoms. The van der Waals surface area contributed by atoms with Crippen LogP contribution in [0.25, 0.3) is 0 Å². The zero-order valence-corrected chi connectivity index (χ0v) is 14.0. The van der Waals surface area contributed by atoms with Gasteiger partial charge in [0.25, 0.3) is 0 Å². The minimum absolute atomic E-state index is 0.247. The van der Waals surface area contributed by atoms with Crippen LogP contribution < -0.4 is 5.32 Å². The van der Waals surface area contributed by atoms with Crippen molar-refractivity contribution in [3.63, 3.8) is 0 Å². The molecule has 0 heterocycles. The summed E-state index contributed by atoms with van der Waals surface area (Å²) in [7, 11) is -4.64. The van der Waals surface area contributed by atoms with E-state index in [9.17, 15) is 26.3 Å². The van der Waals surface area contributed by atoms with E-state index in [1.54, 1.807) is 20.8 Å². The maximum absolute atomic E-state index is 12.5. The lowest BCUT2D eigenvalue weighted by Gasteiger charge is -2.41. The summed E-state index contributed by atoms with van der Waals surface area (Å²) >= 11 is 0. The first-order valence-corrected chi connectivity index (χ1v) is 7.96. The lowest BCUT2D eigenvalue weighted by atomic mass is 9.85. The third-order valence-corrected chi connectivity index (χ3v) is 2.39. The Morgan fingerprint density at radius 3 is 1.26 bits per heavy atom. The Morgan fingerprint density at radius 1 is 0.870 bits per heavy atom. The monoisotopic (exact) mass is 377 g/mol. The van der Waals surface area contributed by atoms with E-state index >= 15 is 0 Å². The van der Waals surface area contributed by atoms with Gasteiger partial charge in [-0.15, -0.1) is 0 Å². The Kier molecular flexibility index (Phi) is 8.83. The van der Waals surface area contributed by atoms with Gasteiger partial charge in [-0.3, -0.25) is 0 Å². The van der Waals surface area contributed by atoms with Gasteiger partial charge in [0.05, 0.1) is 12.8 Å². The van der Waals surface area contributed by atoms with Gasteiger partial charge in [0.1, 0.15) is 0 Å². The molecule has 0 aromatic heterocycles. The Bertz CT molecular complexity index is 350. The van der Waals surface area contributed by atoms with E-state index in [2.05, 4.69) is 5.32 Å². The van der Waals surface area contributed by atoms with Crippen LogP contribution in [0.15, 0.2) is 0 Å². The second kappa shape index (κ2) is 8.15. The Morgan fingerprint density at radius 2 is 1.13 bits per heavy atom. The van der Waals surface area contributed by atoms with E-state index in [0.717, 1.165) is 0 Å². The number of alkyl halides is 6. The second-order valence-electron chi connectivity index (χ2n) is 6.11. The summed E-state index contributed by atoms with van der Waals surface area (Å²) in [5.41, 5.74) is -2.83. The maximum Gasteiger partial charge on any atom is 0.466 e. The molecule has 0 aliphatic heterocycles. The topological polar surface area (TPSA) is 89.8 Å². The van der Waals surface area contributed by atoms with Gasteiger partial charge in [-0.05, 0) is 27.2 Å². The fourth-order valence-corrected chi connectivity index (χ4v) is 2.05. The summed E-state index contributed by atoms with van der Waals surface area (Å²) in [6, 6.07) is 0. The van der Waals surface area contributed by atoms with Crippen LogP contribution in [0.2, 0.25) is 0 Å². The van der Waals surface area contributed by atoms with Gasteiger partial charge < -0.3 is 20.0 Å². The Labute approximate surface area is 130 Å². The van der Waals surface area contributed by atoms with Crippen molar-refractivity contribution >= 4 is 7.82 Å². The molecule has 142 valence electrons. The molecule has 0 unspecified atom stereocenters. The molecule has 0 aromatic rings. The van der Waals surface area contributed by atoms with Crippen LogP contribution in [-0.2, 0) is 4.57 Å². The van der Waals surface area contributed by atoms with Crippen LogP contribution in [0, 0.1) is 0 Å². The van der Waals surface area contributed by atoms with E-state index in [-0.39, 0.29) is 6.42 Å². The van der Waals surface area contributed by atoms with E-state index in [1.807, 2.05) is 0 Å². The number of nitrogens with one attached hydrogen (secondary N) is 1. The van der Waals surface area contributed by atoms with E-state index in [1.165, 1.54) is 6.92 Å². The summed E-state index contributed by atoms with van der Waals surface area (Å²) in [5.74, 6) is 0. The van der Waals surface area contributed by atoms with Gasteiger partial charge in [-0.2, -0.15) is 26.3 Å². The zero-order chi connectivity index (χ0) is 19.3. The molecule has 0 aliphatic carbocycles. The van der Waals surface area contributed by atoms with E-state index < -0.39 is 44.1 Å². The predicted molar refractivity (Wildman–Crippen MR) is 71.5 cm³/mol. The molecule has 5 nitrogen and oxygen atoms in total. The molecule has 0 atom stereocenters. The van der Waals surface area contributed by atoms with Gasteiger partial charge in [0, 0.05) is 11.1 Å². The molecule has 0 aromatic carbocycles. The van der Waals surface area contributed by atoms with Crippen molar-refractivity contribution in [2.24, 2.45) is 0 Å². The van der Waals surface area contributed by atoms with Crippen molar-refractivity contribution < 1.29 is 45.6 Å². The minimum atomic E-state index is -4.64. The van der Waals surface area contributed by atoms with Gasteiger partial charge in [-0.1, -0.05) is 6.92 Å². The minimum Gasteiger partial charge on any atom is -0.306 e. The third-order valence-electron chi connectivity index (χ3n) is 2.39. The standard InChI is InChI=1S/C11H19F6N.H3O4P/c1-5-9(6-10(12,13)14,7-11(15,16)17)18-8(2,3)4;1-5(2,3)4/h18H,5-7H2,1-4H3;(H3,1,2,3,4). The van der Waals surface area contributed by atoms with Crippen molar-refractivity contribution in [2.45, 2.75) is 70.4 Å². The van der Waals surface area contributed by atoms with Crippen molar-refractivity contribution in [1.29, 1.82) is 0 Å². The zero-order valence-electron chi connectivity index (χ0n) is 13.1. The number of halogens is 6. The summed E-state index contributed by atoms with van der Waals surface area (Å²) in [5, 5.41) is 2.49. The summed E-state index contributed by atoms with van der Waals surface area (Å²) in [6.45, 7) is 5.97. The van der Waals surface area contributed by atoms with Crippen LogP contribution in [0.3, 0.4) is 0 Å². The van der Waals surface area contributed by atoms with Crippen molar-refractivity contribution in [3.8, 4) is 0 Å². The third kappa shape index (κ3) is 19.6. The van der Waals surface area contributed by atoms with E-state index in [0.29, 0.717) is 0 Å². The molecule has 0 bridgehead atoms. The lowest BCUT2D eigenvalue weighted by molar-refractivity contribution is -0.185. The number of hydrogen-bond acceptors (Lipinski definition) is 2. The highest BCUT2D eigenvalue weighted by Gasteiger charge is 2.49. The Hall–Kier alpha value is -0.350. The molecule has 0 fully saturated rings. The summed E-state index contributed by atoms with van der Waals surface area (Å²) in [6.07, 6.45) is -12.5. The fourth-order valence-electron chi connectivity index (χ4n) is 2.05. The normalized spacial score (nSPS) is 14.3. The first-order valence-electron chi connectivity index (χ1n) is 6.39. The molecule has 0 saturated heterocycles. The quantitative estimate of drug-likeness (QED) is 0.445. The highest BCUT2D eigenvalue weighted by Crippen LogP contribution is 2.38. The fraction of sp³-hybridized carbons (Fsp3) is 1.00. The van der Waals surface area contributed by atoms with E-state index in [4.69, 9.17) is 19.2 Å². The molecule has 0 saturated carbocycles. The van der Waals surface area contributed by atoms with Gasteiger partial charge in [0.2, 0.25) is 0 Å². The largest absolute Gasteiger partial charge is 0.466 e. The molecule has 0 rings (SSSR count). The number of phosphoric acid groups is 1. The Balaban J connectivity index is 0. The summed E-state index contributed by atoms with van der Waals surface area (Å²) in [4.78, 5) is 21.6. The highest BCUT2D eigenvalue weighted by atomic mass is 31.2. The van der Waals surface area contributed by atoms with Crippen molar-refractivity contribution in [3.05, 3.63) is 0 Å². The molecular formula is C11H22F6NO4P. The van der Waals surface area contributed by atoms with Crippen molar-refractivity contribution in [1.82, 2.24) is 5.32 Å². The van der Waals surface area contributed by atoms with Gasteiger partial charge in [-0.25, -0.2) is 4.57 Å². The van der Waals surface area contributed by atoms with Crippen LogP contribution in [-0.4, -0.2) is 38.1 Å². The van der Waals surface area contributed by atoms with Crippen LogP contribution in [0.4, 0.5) is 26.3 Å². The first-order chi connectivity index (χ1) is 9.68. The first kappa shape index (κ1) is 24.9. The molecule has 0 spiro atoms. The molecule has 12 heteroatoms. The number of rotatable bonds is 4. The van der Waals surface area contributed by atoms with Crippen LogP contribution in [0.5, 0.6) is 0 Å². The predicted octanol–water partition coefficient (Wildman–Crippen LogP) is 3.50. The highest BCUT2D eigenvalue weighted by molar-refractivity contribution is 7.45. The maximum atomic E-state index is 12.5. The molecule has 4 N–H and O–H groups in total. The molecule has 0 amide bonds. The van der Waals surface area contributed by atoms with Gasteiger partial charge >= 0.3 is 20.2 Å². The van der Waals surface area contributed by atoms with Crippen LogP contribution >= 0.6 is 7.82 Å². The smallest absolute Gasteiger partial charge is 0.306 e. The molecule has 0 radical (unpaired) electrons. The lowest BCUT2D eigenvalue weighted by Crippen LogP contribution is -2.57. The number of hydrogen-bond donors (Lipinski definition) is 4. The van der Waals surface area contributed by atoms with Crippen LogP contribution in [0.1, 0.15) is 47.0 Å².